The van der Waals surface area contributed by atoms with Crippen LogP contribution in [0.25, 0.3) is 11.2 Å². The molecule has 5 rings (SSSR count). The summed E-state index contributed by atoms with van der Waals surface area (Å²) in [6.07, 6.45) is 18.4. The molecular weight excluding hydrogens is 816 g/mol. The minimum Gasteiger partial charge on any atom is -0.387 e. The average molecular weight is 883 g/mol. The molecule has 0 aliphatic carbocycles. The number of aliphatic hydroxyl groups is 2. The van der Waals surface area contributed by atoms with Crippen molar-refractivity contribution in [2.45, 2.75) is 166 Å². The van der Waals surface area contributed by atoms with Crippen molar-refractivity contribution in [2.75, 3.05) is 25.6 Å². The molecule has 18 heteroatoms. The van der Waals surface area contributed by atoms with Crippen molar-refractivity contribution in [3.05, 3.63) is 66.1 Å². The number of nitrogens with zero attached hydrogens (tertiary/aromatic N) is 7. The topological polar surface area (TPSA) is 235 Å². The van der Waals surface area contributed by atoms with E-state index < -0.39 is 43.9 Å². The van der Waals surface area contributed by atoms with Gasteiger partial charge in [-0.15, -0.1) is 0 Å². The summed E-state index contributed by atoms with van der Waals surface area (Å²) in [5.41, 5.74) is 6.86. The summed E-state index contributed by atoms with van der Waals surface area (Å²) in [7, 11) is -4.80. The molecule has 4 heterocycles. The smallest absolute Gasteiger partial charge is 0.387 e. The minimum atomic E-state index is -4.80. The van der Waals surface area contributed by atoms with Crippen molar-refractivity contribution in [1.29, 1.82) is 5.26 Å². The summed E-state index contributed by atoms with van der Waals surface area (Å²) in [4.78, 5) is 18.9. The van der Waals surface area contributed by atoms with Crippen molar-refractivity contribution in [3.63, 3.8) is 0 Å². The Morgan fingerprint density at radius 3 is 2.23 bits per heavy atom. The zero-order chi connectivity index (χ0) is 44.4. The van der Waals surface area contributed by atoms with Gasteiger partial charge in [0.25, 0.3) is 0 Å². The normalized spacial score (nSPS) is 21.0. The molecule has 1 fully saturated rings. The van der Waals surface area contributed by atoms with Gasteiger partial charge in [0, 0.05) is 6.61 Å². The molecule has 1 saturated heterocycles. The third kappa shape index (κ3) is 14.1. The number of fused-ring (bicyclic) bond motifs is 1. The molecule has 1 aromatic carbocycles. The van der Waals surface area contributed by atoms with Gasteiger partial charge in [-0.3, -0.25) is 9.05 Å². The van der Waals surface area contributed by atoms with E-state index >= 15 is 0 Å². The summed E-state index contributed by atoms with van der Waals surface area (Å²) in [6.45, 7) is 5.46. The number of nitriles is 1. The number of aliphatic hydroxyl groups excluding tert-OH is 2. The van der Waals surface area contributed by atoms with E-state index in [0.717, 1.165) is 19.3 Å². The highest BCUT2D eigenvalue weighted by atomic mass is 31.2. The molecule has 0 saturated carbocycles. The van der Waals surface area contributed by atoms with Crippen LogP contribution in [-0.4, -0.2) is 94.3 Å². The monoisotopic (exact) mass is 882 g/mol. The first-order valence-electron chi connectivity index (χ1n) is 22.3. The van der Waals surface area contributed by atoms with E-state index in [1.54, 1.807) is 30.3 Å². The van der Waals surface area contributed by atoms with Crippen LogP contribution in [0.15, 0.2) is 49.3 Å². The lowest BCUT2D eigenvalue weighted by atomic mass is 9.91. The summed E-state index contributed by atoms with van der Waals surface area (Å²) in [6, 6.07) is 10.7. The molecule has 62 heavy (non-hydrogen) atoms. The van der Waals surface area contributed by atoms with Crippen molar-refractivity contribution >= 4 is 19.2 Å². The molecule has 7 atom stereocenters. The lowest BCUT2D eigenvalue weighted by Gasteiger charge is -2.34. The number of nitrogen functional groups attached to an aromatic ring is 1. The Hall–Kier alpha value is -3.82. The predicted octanol–water partition coefficient (Wildman–Crippen LogP) is 7.70. The zero-order valence-corrected chi connectivity index (χ0v) is 37.5. The van der Waals surface area contributed by atoms with Crippen LogP contribution in [0, 0.1) is 11.3 Å². The Morgan fingerprint density at radius 1 is 0.935 bits per heavy atom. The number of aromatic nitrogens is 6. The number of phosphoric ester groups is 1. The second-order valence-electron chi connectivity index (χ2n) is 16.5. The van der Waals surface area contributed by atoms with Gasteiger partial charge >= 0.3 is 7.82 Å². The lowest BCUT2D eigenvalue weighted by molar-refractivity contribution is -0.134. The Kier molecular flexibility index (Phi) is 19.7. The second-order valence-corrected chi connectivity index (χ2v) is 17.9. The predicted molar refractivity (Wildman–Crippen MR) is 233 cm³/mol. The first-order chi connectivity index (χ1) is 30.0. The third-order valence-corrected chi connectivity index (χ3v) is 12.8. The van der Waals surface area contributed by atoms with Gasteiger partial charge in [0.2, 0.25) is 0 Å². The minimum absolute atomic E-state index is 0.0687. The number of rotatable bonds is 30. The Morgan fingerprint density at radius 2 is 1.60 bits per heavy atom. The van der Waals surface area contributed by atoms with E-state index in [1.165, 1.54) is 125 Å². The first-order valence-corrected chi connectivity index (χ1v) is 23.8. The Bertz CT molecular complexity index is 2010. The van der Waals surface area contributed by atoms with Crippen LogP contribution >= 0.6 is 7.82 Å². The van der Waals surface area contributed by atoms with Gasteiger partial charge in [-0.25, -0.2) is 23.7 Å². The van der Waals surface area contributed by atoms with Crippen LogP contribution in [-0.2, 0) is 34.4 Å². The van der Waals surface area contributed by atoms with E-state index in [9.17, 15) is 24.9 Å². The molecule has 5 N–H and O–H groups in total. The lowest BCUT2D eigenvalue weighted by Crippen LogP contribution is -2.49. The van der Waals surface area contributed by atoms with Crippen molar-refractivity contribution in [2.24, 2.45) is 0 Å². The van der Waals surface area contributed by atoms with Crippen LogP contribution in [0.3, 0.4) is 0 Å². The number of hydrogen-bond donors (Lipinski definition) is 4. The second kappa shape index (κ2) is 24.9. The van der Waals surface area contributed by atoms with Gasteiger partial charge in [-0.05, 0) is 50.1 Å². The largest absolute Gasteiger partial charge is 0.472 e. The van der Waals surface area contributed by atoms with Gasteiger partial charge in [0.1, 0.15) is 60.6 Å². The maximum Gasteiger partial charge on any atom is 0.472 e. The number of nitrogens with two attached hydrogens (primary N) is 1. The third-order valence-electron chi connectivity index (χ3n) is 11.7. The molecule has 1 unspecified atom stereocenters. The fourth-order valence-corrected chi connectivity index (χ4v) is 8.82. The van der Waals surface area contributed by atoms with Crippen molar-refractivity contribution in [1.82, 2.24) is 29.4 Å². The molecule has 342 valence electrons. The van der Waals surface area contributed by atoms with Crippen LogP contribution in [0.5, 0.6) is 0 Å². The van der Waals surface area contributed by atoms with Gasteiger partial charge in [-0.1, -0.05) is 109 Å². The highest BCUT2D eigenvalue weighted by Gasteiger charge is 2.57. The van der Waals surface area contributed by atoms with Crippen LogP contribution < -0.4 is 5.73 Å². The molecule has 3 aromatic heterocycles. The summed E-state index contributed by atoms with van der Waals surface area (Å²) in [5, 5.41) is 40.3. The van der Waals surface area contributed by atoms with E-state index in [2.05, 4.69) is 33.2 Å². The number of ether oxygens (including phenoxy) is 3. The maximum atomic E-state index is 13.4. The maximum absolute atomic E-state index is 13.4. The fraction of sp³-hybridized carbons (Fsp3) is 0.659. The van der Waals surface area contributed by atoms with Crippen molar-refractivity contribution in [3.8, 4) is 11.8 Å². The fourth-order valence-electron chi connectivity index (χ4n) is 7.80. The summed E-state index contributed by atoms with van der Waals surface area (Å²) in [5.74, 6) is 0.221. The average Bonchev–Trinajstić information content (AvgIpc) is 4.01. The van der Waals surface area contributed by atoms with Gasteiger partial charge in [0.05, 0.1) is 42.9 Å². The molecule has 0 bridgehead atoms. The van der Waals surface area contributed by atoms with E-state index in [1.807, 2.05) is 0 Å². The van der Waals surface area contributed by atoms with Crippen LogP contribution in [0.1, 0.15) is 146 Å². The van der Waals surface area contributed by atoms with E-state index in [4.69, 9.17) is 29.0 Å². The van der Waals surface area contributed by atoms with Gasteiger partial charge < -0.3 is 35.1 Å². The Labute approximate surface area is 365 Å². The molecular formula is C44H67N8O9P. The van der Waals surface area contributed by atoms with Crippen molar-refractivity contribution < 1.29 is 42.9 Å². The SMILES string of the molecule is CCCCCCCCCCCCCCCCCCOC[C@H](COP(=O)(O)O[C@@H](C)[C@@]1(C)O[C@@H](c2ccc3c(N)ncnn23)[C@H](O)[C@@H]1O)OCc1ccc(C#N)c(-n2cncn2)c1. The van der Waals surface area contributed by atoms with Gasteiger partial charge in [0.15, 0.2) is 5.82 Å². The van der Waals surface area contributed by atoms with E-state index in [0.29, 0.717) is 34.6 Å². The molecule has 4 aromatic rings. The number of phosphoric acid groups is 1. The molecule has 0 amide bonds. The first kappa shape index (κ1) is 49.2. The zero-order valence-electron chi connectivity index (χ0n) is 36.6. The molecule has 1 aliphatic heterocycles. The molecule has 0 spiro atoms. The highest BCUT2D eigenvalue weighted by Crippen LogP contribution is 2.50. The van der Waals surface area contributed by atoms with E-state index in [-0.39, 0.29) is 25.6 Å². The van der Waals surface area contributed by atoms with Gasteiger partial charge in [-0.2, -0.15) is 15.5 Å². The summed E-state index contributed by atoms with van der Waals surface area (Å²) < 4.78 is 45.7. The Balaban J connectivity index is 1.09. The van der Waals surface area contributed by atoms with Crippen LogP contribution in [0.4, 0.5) is 5.82 Å². The number of hydrogen-bond acceptors (Lipinski definition) is 14. The molecule has 1 aliphatic rings. The summed E-state index contributed by atoms with van der Waals surface area (Å²) >= 11 is 0. The van der Waals surface area contributed by atoms with Crippen LogP contribution in [0.2, 0.25) is 0 Å². The quantitative estimate of drug-likeness (QED) is 0.0290. The standard InChI is InChI=1S/C44H67N8O9P/c1-4-5-6-7-8-9-10-11-12-13-14-15-16-17-18-19-24-57-28-36(58-27-34-20-21-35(26-45)39(25-34)51-32-47-30-49-51)29-59-62(55,56)61-33(2)44(3)42(54)40(53)41(60-44)37-22-23-38-43(46)48-31-50-52(37)38/h20-23,25,30-33,36,40-42,53-54H,4-19,24,27-29H2,1-3H3,(H,55,56)(H2,46,48,50)/t33-,36+,40-,41-,42-,44+/m0/s1. The molecule has 0 radical (unpaired) electrons. The number of benzene rings is 1. The molecule has 17 nitrogen and oxygen atoms in total. The number of anilines is 1. The number of unbranched alkanes of at least 4 members (excludes halogenated alkanes) is 15. The highest BCUT2D eigenvalue weighted by molar-refractivity contribution is 7.47.